The zero-order valence-electron chi connectivity index (χ0n) is 21.6. The predicted molar refractivity (Wildman–Crippen MR) is 155 cm³/mol. The summed E-state index contributed by atoms with van der Waals surface area (Å²) in [5.74, 6) is 0.554. The van der Waals surface area contributed by atoms with Crippen molar-refractivity contribution in [2.75, 3.05) is 13.2 Å². The molecule has 0 unspecified atom stereocenters. The molecule has 0 radical (unpaired) electrons. The van der Waals surface area contributed by atoms with Gasteiger partial charge in [-0.25, -0.2) is 0 Å². The second kappa shape index (κ2) is 15.0. The molecule has 38 heavy (non-hydrogen) atoms. The molecule has 0 heterocycles. The number of benzene rings is 3. The van der Waals surface area contributed by atoms with Gasteiger partial charge in [-0.1, -0.05) is 85.0 Å². The van der Waals surface area contributed by atoms with Crippen molar-refractivity contribution in [1.82, 2.24) is 10.2 Å². The van der Waals surface area contributed by atoms with Gasteiger partial charge in [0.1, 0.15) is 11.8 Å². The van der Waals surface area contributed by atoms with E-state index in [-0.39, 0.29) is 30.7 Å². The Kier molecular flexibility index (Phi) is 11.8. The molecule has 0 fully saturated rings. The Morgan fingerprint density at radius 1 is 0.895 bits per heavy atom. The molecule has 1 atom stereocenters. The normalized spacial score (nSPS) is 11.7. The summed E-state index contributed by atoms with van der Waals surface area (Å²) >= 11 is 18.9. The average Bonchev–Trinajstić information content (AvgIpc) is 2.90. The molecule has 0 spiro atoms. The number of rotatable bonds is 13. The fraction of sp³-hybridized carbons (Fsp3) is 0.333. The molecule has 3 rings (SSSR count). The maximum Gasteiger partial charge on any atom is 0.243 e. The topological polar surface area (TPSA) is 58.6 Å². The van der Waals surface area contributed by atoms with Crippen LogP contribution >= 0.6 is 34.8 Å². The zero-order valence-corrected chi connectivity index (χ0v) is 23.9. The lowest BCUT2D eigenvalue weighted by atomic mass is 10.0. The minimum atomic E-state index is -0.742. The van der Waals surface area contributed by atoms with E-state index in [1.54, 1.807) is 47.4 Å². The van der Waals surface area contributed by atoms with Gasteiger partial charge >= 0.3 is 0 Å². The van der Waals surface area contributed by atoms with Gasteiger partial charge in [0.15, 0.2) is 0 Å². The summed E-state index contributed by atoms with van der Waals surface area (Å²) in [5, 5.41) is 4.53. The van der Waals surface area contributed by atoms with Crippen LogP contribution in [0, 0.1) is 5.92 Å². The van der Waals surface area contributed by atoms with E-state index in [1.165, 1.54) is 0 Å². The number of nitrogens with zero attached hydrogens (tertiary/aromatic N) is 1. The van der Waals surface area contributed by atoms with Crippen molar-refractivity contribution < 1.29 is 14.3 Å². The Labute approximate surface area is 240 Å². The number of hydrogen-bond donors (Lipinski definition) is 1. The number of nitrogens with one attached hydrogen (secondary N) is 1. The third kappa shape index (κ3) is 9.23. The van der Waals surface area contributed by atoms with Crippen molar-refractivity contribution in [3.05, 3.63) is 99.0 Å². The Hall–Kier alpha value is -2.73. The molecule has 0 saturated heterocycles. The second-order valence-electron chi connectivity index (χ2n) is 9.47. The van der Waals surface area contributed by atoms with Gasteiger partial charge in [0.25, 0.3) is 0 Å². The molecule has 0 aliphatic rings. The highest BCUT2D eigenvalue weighted by Gasteiger charge is 2.31. The number of halogens is 3. The maximum atomic E-state index is 13.7. The molecule has 8 heteroatoms. The summed E-state index contributed by atoms with van der Waals surface area (Å²) in [7, 11) is 0. The smallest absolute Gasteiger partial charge is 0.243 e. The van der Waals surface area contributed by atoms with E-state index < -0.39 is 6.04 Å². The third-order valence-electron chi connectivity index (χ3n) is 5.96. The van der Waals surface area contributed by atoms with Gasteiger partial charge in [-0.2, -0.15) is 0 Å². The standard InChI is InChI=1S/C30H33Cl3N2O3/c1-21(2)19-34-30(37)28(18-22-8-4-3-5-9-22)35(20-25-26(32)10-6-11-27(25)33)29(36)12-7-17-38-24-15-13-23(31)14-16-24/h3-6,8-11,13-16,21,28H,7,12,17-20H2,1-2H3,(H,34,37)/t28-/m0/s1. The lowest BCUT2D eigenvalue weighted by Gasteiger charge is -2.32. The molecule has 3 aromatic carbocycles. The Morgan fingerprint density at radius 3 is 2.18 bits per heavy atom. The number of carbonyl (C=O) groups is 2. The van der Waals surface area contributed by atoms with Crippen molar-refractivity contribution in [2.45, 2.75) is 45.7 Å². The minimum Gasteiger partial charge on any atom is -0.494 e. The number of hydrogen-bond acceptors (Lipinski definition) is 3. The Balaban J connectivity index is 1.83. The van der Waals surface area contributed by atoms with Gasteiger partial charge in [0.05, 0.1) is 6.61 Å². The van der Waals surface area contributed by atoms with Gasteiger partial charge in [-0.3, -0.25) is 9.59 Å². The fourth-order valence-corrected chi connectivity index (χ4v) is 4.56. The van der Waals surface area contributed by atoms with Crippen LogP contribution in [0.1, 0.15) is 37.8 Å². The molecular formula is C30H33Cl3N2O3. The molecule has 2 amide bonds. The first kappa shape index (κ1) is 29.8. The van der Waals surface area contributed by atoms with Crippen molar-refractivity contribution >= 4 is 46.6 Å². The summed E-state index contributed by atoms with van der Waals surface area (Å²) < 4.78 is 5.77. The first-order valence-corrected chi connectivity index (χ1v) is 13.8. The summed E-state index contributed by atoms with van der Waals surface area (Å²) in [6.45, 7) is 5.02. The molecule has 0 aliphatic carbocycles. The summed E-state index contributed by atoms with van der Waals surface area (Å²) in [4.78, 5) is 28.8. The van der Waals surface area contributed by atoms with E-state index in [2.05, 4.69) is 5.32 Å². The highest BCUT2D eigenvalue weighted by molar-refractivity contribution is 6.36. The van der Waals surface area contributed by atoms with Crippen LogP contribution in [0.25, 0.3) is 0 Å². The monoisotopic (exact) mass is 574 g/mol. The highest BCUT2D eigenvalue weighted by Crippen LogP contribution is 2.27. The second-order valence-corrected chi connectivity index (χ2v) is 10.7. The SMILES string of the molecule is CC(C)CNC(=O)[C@H](Cc1ccccc1)N(Cc1c(Cl)cccc1Cl)C(=O)CCCOc1ccc(Cl)cc1. The summed E-state index contributed by atoms with van der Waals surface area (Å²) in [6.07, 6.45) is 1.03. The van der Waals surface area contributed by atoms with E-state index in [1.807, 2.05) is 44.2 Å². The molecule has 0 bridgehead atoms. The van der Waals surface area contributed by atoms with Crippen LogP contribution in [0.4, 0.5) is 0 Å². The first-order valence-electron chi connectivity index (χ1n) is 12.7. The highest BCUT2D eigenvalue weighted by atomic mass is 35.5. The molecule has 1 N–H and O–H groups in total. The number of ether oxygens (including phenoxy) is 1. The predicted octanol–water partition coefficient (Wildman–Crippen LogP) is 7.22. The van der Waals surface area contributed by atoms with Gasteiger partial charge in [-0.05, 0) is 54.3 Å². The van der Waals surface area contributed by atoms with E-state index >= 15 is 0 Å². The van der Waals surface area contributed by atoms with Gasteiger partial charge < -0.3 is 15.0 Å². The van der Waals surface area contributed by atoms with E-state index in [0.717, 1.165) is 5.56 Å². The molecular weight excluding hydrogens is 543 g/mol. The van der Waals surface area contributed by atoms with E-state index in [4.69, 9.17) is 39.5 Å². The van der Waals surface area contributed by atoms with Crippen molar-refractivity contribution in [3.8, 4) is 5.75 Å². The first-order chi connectivity index (χ1) is 18.2. The van der Waals surface area contributed by atoms with Crippen LogP contribution in [-0.4, -0.2) is 35.9 Å². The van der Waals surface area contributed by atoms with Crippen molar-refractivity contribution in [2.24, 2.45) is 5.92 Å². The van der Waals surface area contributed by atoms with Crippen LogP contribution in [0.5, 0.6) is 5.75 Å². The van der Waals surface area contributed by atoms with Crippen LogP contribution in [0.2, 0.25) is 15.1 Å². The van der Waals surface area contributed by atoms with Gasteiger partial charge in [0, 0.05) is 46.6 Å². The van der Waals surface area contributed by atoms with Crippen molar-refractivity contribution in [3.63, 3.8) is 0 Å². The molecule has 5 nitrogen and oxygen atoms in total. The van der Waals surface area contributed by atoms with Gasteiger partial charge in [0.2, 0.25) is 11.8 Å². The van der Waals surface area contributed by atoms with Crippen LogP contribution < -0.4 is 10.1 Å². The van der Waals surface area contributed by atoms with E-state index in [9.17, 15) is 9.59 Å². The lowest BCUT2D eigenvalue weighted by molar-refractivity contribution is -0.141. The van der Waals surface area contributed by atoms with Crippen molar-refractivity contribution in [1.29, 1.82) is 0 Å². The fourth-order valence-electron chi connectivity index (χ4n) is 3.92. The summed E-state index contributed by atoms with van der Waals surface area (Å²) in [5.41, 5.74) is 1.56. The molecule has 0 saturated carbocycles. The third-order valence-corrected chi connectivity index (χ3v) is 6.92. The molecule has 0 aromatic heterocycles. The molecule has 202 valence electrons. The lowest BCUT2D eigenvalue weighted by Crippen LogP contribution is -2.51. The maximum absolute atomic E-state index is 13.7. The zero-order chi connectivity index (χ0) is 27.5. The Bertz CT molecular complexity index is 1170. The number of amides is 2. The van der Waals surface area contributed by atoms with Gasteiger partial charge in [-0.15, -0.1) is 0 Å². The quantitative estimate of drug-likeness (QED) is 0.219. The summed E-state index contributed by atoms with van der Waals surface area (Å²) in [6, 6.07) is 21.2. The van der Waals surface area contributed by atoms with Crippen LogP contribution in [0.15, 0.2) is 72.8 Å². The molecule has 0 aliphatic heterocycles. The minimum absolute atomic E-state index is 0.113. The van der Waals surface area contributed by atoms with Crippen LogP contribution in [0.3, 0.4) is 0 Å². The Morgan fingerprint density at radius 2 is 1.55 bits per heavy atom. The van der Waals surface area contributed by atoms with Crippen LogP contribution in [-0.2, 0) is 22.6 Å². The van der Waals surface area contributed by atoms with E-state index in [0.29, 0.717) is 52.4 Å². The molecule has 3 aromatic rings. The largest absolute Gasteiger partial charge is 0.494 e. The number of carbonyl (C=O) groups excluding carboxylic acids is 2. The average molecular weight is 576 g/mol.